The van der Waals surface area contributed by atoms with E-state index in [0.717, 1.165) is 0 Å². The summed E-state index contributed by atoms with van der Waals surface area (Å²) in [5, 5.41) is 8.70. The van der Waals surface area contributed by atoms with Crippen molar-refractivity contribution in [3.8, 4) is 0 Å². The largest absolute Gasteiger partial charge is 0.0511 e. The first-order valence-electron chi connectivity index (χ1n) is 8.48. The van der Waals surface area contributed by atoms with Crippen molar-refractivity contribution in [1.29, 1.82) is 0 Å². The van der Waals surface area contributed by atoms with Gasteiger partial charge in [0.2, 0.25) is 0 Å². The van der Waals surface area contributed by atoms with Crippen molar-refractivity contribution in [1.82, 2.24) is 0 Å². The van der Waals surface area contributed by atoms with Gasteiger partial charge in [0, 0.05) is 0 Å². The van der Waals surface area contributed by atoms with Crippen LogP contribution >= 0.6 is 0 Å². The van der Waals surface area contributed by atoms with Gasteiger partial charge >= 0.3 is 0 Å². The van der Waals surface area contributed by atoms with Gasteiger partial charge in [-0.1, -0.05) is 18.2 Å². The van der Waals surface area contributed by atoms with Gasteiger partial charge in [0.25, 0.3) is 0 Å². The zero-order valence-corrected chi connectivity index (χ0v) is 15.2. The van der Waals surface area contributed by atoms with Gasteiger partial charge in [-0.25, -0.2) is 0 Å². The molecule has 23 heavy (non-hydrogen) atoms. The van der Waals surface area contributed by atoms with Crippen molar-refractivity contribution in [2.75, 3.05) is 0 Å². The maximum Gasteiger partial charge on any atom is -0.00183 e. The van der Waals surface area contributed by atoms with Crippen LogP contribution in [0.2, 0.25) is 0 Å². The molecule has 0 heteroatoms. The Morgan fingerprint density at radius 3 is 1.70 bits per heavy atom. The third kappa shape index (κ3) is 1.67. The minimum atomic E-state index is 1.39. The lowest BCUT2D eigenvalue weighted by Crippen LogP contribution is -1.99. The first-order chi connectivity index (χ1) is 10.8. The molecule has 0 saturated carbocycles. The molecular formula is C23H24. The summed E-state index contributed by atoms with van der Waals surface area (Å²) in [5.41, 5.74) is 9.93. The zero-order valence-electron chi connectivity index (χ0n) is 15.2. The smallest absolute Gasteiger partial charge is 0.00183 e. The molecular weight excluding hydrogens is 276 g/mol. The Kier molecular flexibility index (Phi) is 2.82. The average Bonchev–Trinajstić information content (AvgIpc) is 2.49. The van der Waals surface area contributed by atoms with Crippen LogP contribution in [0.4, 0.5) is 0 Å². The minimum absolute atomic E-state index is 1.39. The quantitative estimate of drug-likeness (QED) is 0.315. The van der Waals surface area contributed by atoms with Gasteiger partial charge in [-0.05, 0) is 120 Å². The van der Waals surface area contributed by atoms with E-state index in [4.69, 9.17) is 0 Å². The molecule has 0 saturated heterocycles. The lowest BCUT2D eigenvalue weighted by molar-refractivity contribution is 1.33. The van der Waals surface area contributed by atoms with E-state index in [-0.39, 0.29) is 0 Å². The molecule has 0 fully saturated rings. The highest BCUT2D eigenvalue weighted by molar-refractivity contribution is 6.27. The molecule has 4 aromatic carbocycles. The van der Waals surface area contributed by atoms with Gasteiger partial charge in [-0.3, -0.25) is 0 Å². The van der Waals surface area contributed by atoms with E-state index in [9.17, 15) is 0 Å². The molecule has 0 heterocycles. The Hall–Kier alpha value is -2.08. The second-order valence-corrected chi connectivity index (χ2v) is 7.35. The summed E-state index contributed by atoms with van der Waals surface area (Å²) in [6, 6.07) is 7.15. The summed E-state index contributed by atoms with van der Waals surface area (Å²) in [5.74, 6) is 0. The van der Waals surface area contributed by atoms with Gasteiger partial charge < -0.3 is 0 Å². The average molecular weight is 300 g/mol. The molecule has 0 aromatic heterocycles. The Balaban J connectivity index is 2.53. The van der Waals surface area contributed by atoms with Gasteiger partial charge in [0.15, 0.2) is 0 Å². The van der Waals surface area contributed by atoms with Crippen LogP contribution in [0, 0.1) is 48.5 Å². The summed E-state index contributed by atoms with van der Waals surface area (Å²) < 4.78 is 0. The van der Waals surface area contributed by atoms with Crippen LogP contribution in [-0.2, 0) is 0 Å². The van der Waals surface area contributed by atoms with Crippen LogP contribution in [0.15, 0.2) is 18.2 Å². The summed E-state index contributed by atoms with van der Waals surface area (Å²) >= 11 is 0. The maximum atomic E-state index is 2.40. The molecule has 4 rings (SSSR count). The lowest BCUT2D eigenvalue weighted by atomic mass is 9.82. The molecule has 0 bridgehead atoms. The van der Waals surface area contributed by atoms with Gasteiger partial charge in [-0.2, -0.15) is 0 Å². The second-order valence-electron chi connectivity index (χ2n) is 7.35. The molecule has 0 radical (unpaired) electrons. The van der Waals surface area contributed by atoms with E-state index in [1.54, 1.807) is 0 Å². The Bertz CT molecular complexity index is 1110. The van der Waals surface area contributed by atoms with Crippen molar-refractivity contribution in [2.24, 2.45) is 0 Å². The fraction of sp³-hybridized carbons (Fsp3) is 0.304. The van der Waals surface area contributed by atoms with Crippen molar-refractivity contribution in [3.05, 3.63) is 57.1 Å². The van der Waals surface area contributed by atoms with Crippen LogP contribution in [-0.4, -0.2) is 0 Å². The first-order valence-corrected chi connectivity index (χ1v) is 8.48. The number of hydrogen-bond donors (Lipinski definition) is 0. The Morgan fingerprint density at radius 2 is 1.00 bits per heavy atom. The van der Waals surface area contributed by atoms with Gasteiger partial charge in [0.1, 0.15) is 0 Å². The van der Waals surface area contributed by atoms with E-state index in [2.05, 4.69) is 66.7 Å². The second kappa shape index (κ2) is 4.47. The van der Waals surface area contributed by atoms with Crippen LogP contribution in [0.25, 0.3) is 32.3 Å². The molecule has 0 amide bonds. The summed E-state index contributed by atoms with van der Waals surface area (Å²) in [7, 11) is 0. The highest BCUT2D eigenvalue weighted by Crippen LogP contribution is 2.43. The molecule has 0 aliphatic rings. The SMILES string of the molecule is Cc1cc2cc(C)c3c(C)c(C)cc4c(C)c(C)c(c1C)c2c43. The van der Waals surface area contributed by atoms with E-state index >= 15 is 0 Å². The molecule has 4 aromatic rings. The standard InChI is InChI=1S/C23H24/c1-11-8-18-9-13(3)20-14(4)12(2)10-19-16(6)17(7)21(15(11)5)22(18)23(19)20/h8-10H,1-7H3. The fourth-order valence-corrected chi connectivity index (χ4v) is 4.45. The number of benzene rings is 4. The predicted molar refractivity (Wildman–Crippen MR) is 103 cm³/mol. The number of rotatable bonds is 0. The Labute approximate surface area is 138 Å². The lowest BCUT2D eigenvalue weighted by Gasteiger charge is -2.22. The molecule has 0 N–H and O–H groups in total. The maximum absolute atomic E-state index is 2.40. The van der Waals surface area contributed by atoms with Crippen LogP contribution < -0.4 is 0 Å². The number of aryl methyl sites for hydroxylation is 7. The van der Waals surface area contributed by atoms with E-state index in [1.165, 1.54) is 71.3 Å². The summed E-state index contributed by atoms with van der Waals surface area (Å²) in [4.78, 5) is 0. The van der Waals surface area contributed by atoms with Crippen molar-refractivity contribution < 1.29 is 0 Å². The summed E-state index contributed by atoms with van der Waals surface area (Å²) in [6.07, 6.45) is 0. The van der Waals surface area contributed by atoms with Crippen molar-refractivity contribution >= 4 is 32.3 Å². The van der Waals surface area contributed by atoms with Crippen LogP contribution in [0.5, 0.6) is 0 Å². The van der Waals surface area contributed by atoms with Gasteiger partial charge in [0.05, 0.1) is 0 Å². The van der Waals surface area contributed by atoms with E-state index in [0.29, 0.717) is 0 Å². The monoisotopic (exact) mass is 300 g/mol. The molecule has 0 nitrogen and oxygen atoms in total. The highest BCUT2D eigenvalue weighted by Gasteiger charge is 2.19. The van der Waals surface area contributed by atoms with E-state index in [1.807, 2.05) is 0 Å². The molecule has 0 spiro atoms. The highest BCUT2D eigenvalue weighted by atomic mass is 14.2. The topological polar surface area (TPSA) is 0 Å². The predicted octanol–water partition coefficient (Wildman–Crippen LogP) is 6.74. The normalized spacial score (nSPS) is 12.1. The van der Waals surface area contributed by atoms with Crippen LogP contribution in [0.3, 0.4) is 0 Å². The third-order valence-corrected chi connectivity index (χ3v) is 6.08. The van der Waals surface area contributed by atoms with E-state index < -0.39 is 0 Å². The molecule has 0 unspecified atom stereocenters. The molecule has 0 atom stereocenters. The van der Waals surface area contributed by atoms with Crippen molar-refractivity contribution in [3.63, 3.8) is 0 Å². The molecule has 0 aliphatic heterocycles. The third-order valence-electron chi connectivity index (χ3n) is 6.08. The molecule has 0 aliphatic carbocycles. The van der Waals surface area contributed by atoms with Gasteiger partial charge in [-0.15, -0.1) is 0 Å². The fourth-order valence-electron chi connectivity index (χ4n) is 4.45. The van der Waals surface area contributed by atoms with Crippen LogP contribution in [0.1, 0.15) is 38.9 Å². The molecule has 116 valence electrons. The number of hydrogen-bond acceptors (Lipinski definition) is 0. The Morgan fingerprint density at radius 1 is 0.435 bits per heavy atom. The first kappa shape index (κ1) is 14.5. The van der Waals surface area contributed by atoms with Crippen molar-refractivity contribution in [2.45, 2.75) is 48.5 Å². The zero-order chi connectivity index (χ0) is 16.6. The minimum Gasteiger partial charge on any atom is -0.0511 e. The summed E-state index contributed by atoms with van der Waals surface area (Å²) in [6.45, 7) is 15.9.